The number of aryl methyl sites for hydroxylation is 4. The summed E-state index contributed by atoms with van der Waals surface area (Å²) in [5.74, 6) is 2.35. The summed E-state index contributed by atoms with van der Waals surface area (Å²) in [4.78, 5) is 5.26. The molecule has 9 aromatic rings. The highest BCUT2D eigenvalue weighted by Gasteiger charge is 2.25. The lowest BCUT2D eigenvalue weighted by atomic mass is 10.2. The van der Waals surface area contributed by atoms with Crippen molar-refractivity contribution in [3.05, 3.63) is 152 Å². The van der Waals surface area contributed by atoms with Crippen LogP contribution in [-0.4, -0.2) is 23.3 Å². The van der Waals surface area contributed by atoms with Gasteiger partial charge in [0.2, 0.25) is 12.7 Å². The topological polar surface area (TPSA) is 114 Å². The van der Waals surface area contributed by atoms with Crippen molar-refractivity contribution in [2.24, 2.45) is 28.2 Å². The SMILES string of the molecule is C[n+]1ccn(-c2cc(C#N)cc(Oc3cccc(-n4c[n+](C)c5cc6c(nc54)n(-c4cccc(Oc5cc(C#N)cc(-n7cc[n+](C)c7)c5)c4)c[n+]6C)c3)c2)c1. The normalized spacial score (nSPS) is 11.2. The monoisotopic (exact) mass is 737 g/mol. The second-order valence-electron chi connectivity index (χ2n) is 13.7. The molecular weight excluding hydrogens is 703 g/mol. The molecule has 0 aliphatic rings. The van der Waals surface area contributed by atoms with Gasteiger partial charge in [0.25, 0.3) is 23.9 Å². The second-order valence-corrected chi connectivity index (χ2v) is 13.7. The Labute approximate surface area is 321 Å². The Kier molecular flexibility index (Phi) is 8.10. The Morgan fingerprint density at radius 1 is 0.518 bits per heavy atom. The molecule has 4 aromatic carbocycles. The third kappa shape index (κ3) is 6.25. The fraction of sp³-hybridized carbons (Fsp3) is 0.0930. The van der Waals surface area contributed by atoms with E-state index in [1.54, 1.807) is 12.1 Å². The summed E-state index contributed by atoms with van der Waals surface area (Å²) in [6.07, 6.45) is 15.6. The second kappa shape index (κ2) is 13.4. The van der Waals surface area contributed by atoms with Gasteiger partial charge in [-0.3, -0.25) is 0 Å². The summed E-state index contributed by atoms with van der Waals surface area (Å²) >= 11 is 0. The van der Waals surface area contributed by atoms with Gasteiger partial charge >= 0.3 is 0 Å². The standard InChI is InChI=1S/C43H35N11O2/c1-47-11-13-51(26-47)34-15-30(24-44)17-38(21-34)55-36-9-5-7-32(19-36)53-28-49(3)40-23-41-43(46-42(40)53)54(29-50(41)4)33-8-6-10-37(20-33)56-39-18-31(25-45)16-35(22-39)52-14-12-48(2)27-52/h5-23,26-29H,1-4H3/q+4. The predicted octanol–water partition coefficient (Wildman–Crippen LogP) is 5.18. The molecule has 9 rings (SSSR count). The summed E-state index contributed by atoms with van der Waals surface area (Å²) in [6, 6.07) is 33.2. The number of nitriles is 2. The van der Waals surface area contributed by atoms with Crippen LogP contribution in [0.2, 0.25) is 0 Å². The molecule has 0 bridgehead atoms. The Bertz CT molecular complexity index is 2880. The minimum absolute atomic E-state index is 0.499. The highest BCUT2D eigenvalue weighted by atomic mass is 16.5. The van der Waals surface area contributed by atoms with Crippen LogP contribution in [0.5, 0.6) is 23.0 Å². The average molecular weight is 738 g/mol. The molecule has 0 atom stereocenters. The molecule has 5 heterocycles. The van der Waals surface area contributed by atoms with Crippen molar-refractivity contribution in [3.8, 4) is 57.9 Å². The molecule has 0 unspecified atom stereocenters. The van der Waals surface area contributed by atoms with E-state index in [-0.39, 0.29) is 0 Å². The lowest BCUT2D eigenvalue weighted by molar-refractivity contribution is -0.670. The summed E-state index contributed by atoms with van der Waals surface area (Å²) in [5, 5.41) is 19.5. The largest absolute Gasteiger partial charge is 0.457 e. The van der Waals surface area contributed by atoms with Crippen LogP contribution in [0.4, 0.5) is 0 Å². The van der Waals surface area contributed by atoms with Crippen molar-refractivity contribution in [3.63, 3.8) is 0 Å². The Morgan fingerprint density at radius 3 is 1.38 bits per heavy atom. The minimum atomic E-state index is 0.499. The molecular formula is C43H35N11O2+4. The molecule has 0 aliphatic heterocycles. The molecule has 13 nitrogen and oxygen atoms in total. The van der Waals surface area contributed by atoms with Crippen LogP contribution in [0.25, 0.3) is 45.1 Å². The van der Waals surface area contributed by atoms with Crippen molar-refractivity contribution in [2.75, 3.05) is 0 Å². The fourth-order valence-electron chi connectivity index (χ4n) is 6.89. The molecule has 56 heavy (non-hydrogen) atoms. The summed E-state index contributed by atoms with van der Waals surface area (Å²) in [6.45, 7) is 0. The molecule has 0 radical (unpaired) electrons. The molecule has 0 saturated carbocycles. The zero-order chi connectivity index (χ0) is 38.5. The summed E-state index contributed by atoms with van der Waals surface area (Å²) in [7, 11) is 7.90. The first-order valence-electron chi connectivity index (χ1n) is 17.7. The van der Waals surface area contributed by atoms with E-state index in [4.69, 9.17) is 14.5 Å². The first-order chi connectivity index (χ1) is 27.2. The van der Waals surface area contributed by atoms with E-state index >= 15 is 0 Å². The number of fused-ring (bicyclic) bond motifs is 2. The van der Waals surface area contributed by atoms with Crippen LogP contribution in [0, 0.1) is 22.7 Å². The third-order valence-corrected chi connectivity index (χ3v) is 9.58. The fourth-order valence-corrected chi connectivity index (χ4v) is 6.89. The number of rotatable bonds is 8. The van der Waals surface area contributed by atoms with Crippen molar-refractivity contribution in [1.29, 1.82) is 10.5 Å². The highest BCUT2D eigenvalue weighted by molar-refractivity contribution is 5.83. The molecule has 0 saturated heterocycles. The first kappa shape index (κ1) is 33.8. The number of imidazole rings is 4. The van der Waals surface area contributed by atoms with Gasteiger partial charge in [-0.1, -0.05) is 12.1 Å². The van der Waals surface area contributed by atoms with Crippen LogP contribution in [0.15, 0.2) is 141 Å². The van der Waals surface area contributed by atoms with Crippen molar-refractivity contribution in [1.82, 2.24) is 23.3 Å². The van der Waals surface area contributed by atoms with Gasteiger partial charge in [-0.25, -0.2) is 27.4 Å². The van der Waals surface area contributed by atoms with Gasteiger partial charge < -0.3 is 9.47 Å². The van der Waals surface area contributed by atoms with E-state index in [2.05, 4.69) is 27.3 Å². The van der Waals surface area contributed by atoms with Gasteiger partial charge in [-0.15, -0.1) is 0 Å². The smallest absolute Gasteiger partial charge is 0.277 e. The quantitative estimate of drug-likeness (QED) is 0.200. The van der Waals surface area contributed by atoms with Crippen LogP contribution in [0.3, 0.4) is 0 Å². The number of aromatic nitrogens is 9. The molecule has 0 spiro atoms. The van der Waals surface area contributed by atoms with E-state index < -0.39 is 0 Å². The zero-order valence-corrected chi connectivity index (χ0v) is 31.0. The Hall–Kier alpha value is -8.03. The number of nitrogens with zero attached hydrogens (tertiary/aromatic N) is 11. The van der Waals surface area contributed by atoms with E-state index in [0.29, 0.717) is 34.1 Å². The molecule has 5 aromatic heterocycles. The number of hydrogen-bond donors (Lipinski definition) is 0. The number of hydrogen-bond acceptors (Lipinski definition) is 5. The molecule has 0 N–H and O–H groups in total. The van der Waals surface area contributed by atoms with Crippen LogP contribution < -0.4 is 27.7 Å². The molecule has 0 amide bonds. The molecule has 13 heteroatoms. The molecule has 0 aliphatic carbocycles. The van der Waals surface area contributed by atoms with E-state index in [0.717, 1.165) is 45.1 Å². The number of pyridine rings is 1. The lowest BCUT2D eigenvalue weighted by Gasteiger charge is -2.08. The number of benzene rings is 4. The van der Waals surface area contributed by atoms with Gasteiger partial charge in [-0.2, -0.15) is 24.6 Å². The van der Waals surface area contributed by atoms with E-state index in [1.165, 1.54) is 0 Å². The van der Waals surface area contributed by atoms with Gasteiger partial charge in [0.05, 0.1) is 51.5 Å². The molecule has 270 valence electrons. The highest BCUT2D eigenvalue weighted by Crippen LogP contribution is 2.30. The van der Waals surface area contributed by atoms with E-state index in [9.17, 15) is 10.5 Å². The number of ether oxygens (including phenoxy) is 2. The maximum absolute atomic E-state index is 9.75. The van der Waals surface area contributed by atoms with Gasteiger partial charge in [-0.05, 0) is 36.4 Å². The van der Waals surface area contributed by atoms with E-state index in [1.807, 2.05) is 178 Å². The molecule has 0 fully saturated rings. The maximum Gasteiger partial charge on any atom is 0.277 e. The third-order valence-electron chi connectivity index (χ3n) is 9.58. The van der Waals surface area contributed by atoms with Crippen LogP contribution >= 0.6 is 0 Å². The van der Waals surface area contributed by atoms with Crippen molar-refractivity contribution in [2.45, 2.75) is 0 Å². The van der Waals surface area contributed by atoms with Gasteiger partial charge in [0.15, 0.2) is 11.0 Å². The van der Waals surface area contributed by atoms with Gasteiger partial charge in [0, 0.05) is 42.5 Å². The Balaban J connectivity index is 1.06. The minimum Gasteiger partial charge on any atom is -0.457 e. The van der Waals surface area contributed by atoms with Gasteiger partial charge in [0.1, 0.15) is 70.5 Å². The predicted molar refractivity (Wildman–Crippen MR) is 204 cm³/mol. The van der Waals surface area contributed by atoms with Crippen molar-refractivity contribution >= 4 is 22.3 Å². The maximum atomic E-state index is 9.75. The Morgan fingerprint density at radius 2 is 0.964 bits per heavy atom. The zero-order valence-electron chi connectivity index (χ0n) is 31.0. The van der Waals surface area contributed by atoms with Crippen LogP contribution in [-0.2, 0) is 28.2 Å². The first-order valence-corrected chi connectivity index (χ1v) is 17.7. The lowest BCUT2D eigenvalue weighted by Crippen LogP contribution is -2.27. The van der Waals surface area contributed by atoms with Crippen LogP contribution in [0.1, 0.15) is 11.1 Å². The van der Waals surface area contributed by atoms with Crippen molar-refractivity contribution < 1.29 is 27.7 Å². The summed E-state index contributed by atoms with van der Waals surface area (Å²) < 4.78 is 28.7. The average Bonchev–Trinajstić information content (AvgIpc) is 4.00. The summed E-state index contributed by atoms with van der Waals surface area (Å²) in [5.41, 5.74) is 7.79.